The van der Waals surface area contributed by atoms with Crippen molar-refractivity contribution in [2.75, 3.05) is 0 Å². The Labute approximate surface area is 120 Å². The molecule has 0 aliphatic carbocycles. The van der Waals surface area contributed by atoms with Crippen LogP contribution in [0.5, 0.6) is 0 Å². The van der Waals surface area contributed by atoms with E-state index in [0.717, 1.165) is 0 Å². The van der Waals surface area contributed by atoms with Gasteiger partial charge in [-0.1, -0.05) is 0 Å². The second-order valence-electron chi connectivity index (χ2n) is 0.447. The van der Waals surface area contributed by atoms with Gasteiger partial charge in [0.25, 0.3) is 0 Å². The van der Waals surface area contributed by atoms with E-state index in [9.17, 15) is 0 Å². The molecule has 0 aliphatic heterocycles. The third-order valence-corrected chi connectivity index (χ3v) is 0. The van der Waals surface area contributed by atoms with E-state index in [-0.39, 0.29) is 58.4 Å². The largest absolute Gasteiger partial charge is 2.00 e. The van der Waals surface area contributed by atoms with E-state index < -0.39 is 42.9 Å². The standard InChI is InChI=1S/6O.2Sb.3Zn/q6*-1;;;3*+2. The summed E-state index contributed by atoms with van der Waals surface area (Å²) in [5.74, 6) is 0. The Kier molecular flexibility index (Phi) is 61.8. The second-order valence-corrected chi connectivity index (χ2v) is 3.00. The Morgan fingerprint density at radius 1 is 0.455 bits per heavy atom. The first-order valence-corrected chi connectivity index (χ1v) is 7.35. The van der Waals surface area contributed by atoms with Crippen LogP contribution < -0.4 is 20.3 Å². The Bertz CT molecular complexity index is 31.3. The minimum Gasteiger partial charge on any atom is 2.00 e. The van der Waals surface area contributed by atoms with Crippen LogP contribution in [0, 0.1) is 0 Å². The predicted octanol–water partition coefficient (Wildman–Crippen LogP) is -7.90. The maximum atomic E-state index is 8.60. The van der Waals surface area contributed by atoms with Crippen LogP contribution in [0.25, 0.3) is 0 Å². The van der Waals surface area contributed by atoms with E-state index in [1.165, 1.54) is 0 Å². The molecule has 0 atom stereocenters. The minimum absolute atomic E-state index is 0. The van der Waals surface area contributed by atoms with Crippen molar-refractivity contribution >= 4 is 42.9 Å². The van der Waals surface area contributed by atoms with Gasteiger partial charge in [0.05, 0.1) is 0 Å². The minimum atomic E-state index is -4.20. The number of hydrogen-bond acceptors (Lipinski definition) is 6. The fourth-order valence-corrected chi connectivity index (χ4v) is 0. The number of rotatable bonds is 0. The van der Waals surface area contributed by atoms with Crippen molar-refractivity contribution in [3.8, 4) is 0 Å². The molecule has 0 N–H and O–H groups in total. The summed E-state index contributed by atoms with van der Waals surface area (Å²) >= 11 is -8.40. The molecule has 6 nitrogen and oxygen atoms in total. The average Bonchev–Trinajstić information content (AvgIpc) is 1.25. The van der Waals surface area contributed by atoms with Crippen molar-refractivity contribution in [1.29, 1.82) is 0 Å². The predicted molar refractivity (Wildman–Crippen MR) is 11.5 cm³/mol. The zero-order chi connectivity index (χ0) is 7.15. The first kappa shape index (κ1) is 29.2. The van der Waals surface area contributed by atoms with Crippen LogP contribution in [0.3, 0.4) is 0 Å². The summed E-state index contributed by atoms with van der Waals surface area (Å²) in [5.41, 5.74) is 0. The summed E-state index contributed by atoms with van der Waals surface area (Å²) in [7, 11) is 0. The number of hydrogen-bond donors (Lipinski definition) is 0. The van der Waals surface area contributed by atoms with Gasteiger partial charge in [-0.2, -0.15) is 0 Å². The van der Waals surface area contributed by atoms with E-state index >= 15 is 0 Å². The van der Waals surface area contributed by atoms with Gasteiger partial charge in [0.1, 0.15) is 0 Å². The zero-order valence-electron chi connectivity index (χ0n) is 5.47. The molecular formula is O6Sb2Zn3. The maximum absolute atomic E-state index is 8.60. The fraction of sp³-hybridized carbons (Fsp3) is 0. The van der Waals surface area contributed by atoms with Crippen LogP contribution >= 0.6 is 0 Å². The summed E-state index contributed by atoms with van der Waals surface area (Å²) in [6.45, 7) is 0. The van der Waals surface area contributed by atoms with E-state index in [4.69, 9.17) is 20.3 Å². The Morgan fingerprint density at radius 3 is 0.455 bits per heavy atom. The molecule has 0 radical (unpaired) electrons. The molecule has 0 rings (SSSR count). The fourth-order valence-electron chi connectivity index (χ4n) is 0. The van der Waals surface area contributed by atoms with Crippen molar-refractivity contribution in [2.24, 2.45) is 0 Å². The molecule has 0 heterocycles. The molecule has 52 valence electrons. The van der Waals surface area contributed by atoms with Gasteiger partial charge < -0.3 is 0 Å². The van der Waals surface area contributed by atoms with Gasteiger partial charge in [-0.15, -0.1) is 0 Å². The molecule has 0 aromatic rings. The first-order chi connectivity index (χ1) is 3.46. The molecule has 0 aromatic carbocycles. The molecule has 0 amide bonds. The van der Waals surface area contributed by atoms with Gasteiger partial charge in [0, 0.05) is 0 Å². The third-order valence-electron chi connectivity index (χ3n) is 0. The Morgan fingerprint density at radius 2 is 0.455 bits per heavy atom. The quantitative estimate of drug-likeness (QED) is 0.283. The van der Waals surface area contributed by atoms with Gasteiger partial charge in [-0.3, -0.25) is 0 Å². The zero-order valence-corrected chi connectivity index (χ0v) is 19.5. The molecule has 11 heavy (non-hydrogen) atoms. The van der Waals surface area contributed by atoms with Crippen LogP contribution in [-0.2, 0) is 58.4 Å². The van der Waals surface area contributed by atoms with E-state index in [2.05, 4.69) is 0 Å². The Hall–Kier alpha value is 3.27. The Balaban J connectivity index is -0.0000000171. The molecule has 0 saturated carbocycles. The van der Waals surface area contributed by atoms with Crippen molar-refractivity contribution in [3.05, 3.63) is 0 Å². The smallest absolute Gasteiger partial charge is 2.00 e. The average molecular weight is 536 g/mol. The second kappa shape index (κ2) is 23.2. The molecule has 0 aromatic heterocycles. The van der Waals surface area contributed by atoms with Crippen molar-refractivity contribution in [3.63, 3.8) is 0 Å². The molecule has 0 fully saturated rings. The van der Waals surface area contributed by atoms with E-state index in [1.807, 2.05) is 0 Å². The van der Waals surface area contributed by atoms with Crippen molar-refractivity contribution < 1.29 is 78.7 Å². The normalized spacial score (nSPS) is 6.55. The summed E-state index contributed by atoms with van der Waals surface area (Å²) in [6, 6.07) is 0. The monoisotopic (exact) mass is 530 g/mol. The molecule has 11 heteroatoms. The van der Waals surface area contributed by atoms with Gasteiger partial charge in [0.2, 0.25) is 0 Å². The summed E-state index contributed by atoms with van der Waals surface area (Å²) in [4.78, 5) is 0. The molecular weight excluding hydrogens is 536 g/mol. The molecule has 0 saturated heterocycles. The van der Waals surface area contributed by atoms with Gasteiger partial charge in [-0.05, 0) is 0 Å². The third kappa shape index (κ3) is 158. The van der Waals surface area contributed by atoms with Crippen LogP contribution in [0.1, 0.15) is 0 Å². The maximum Gasteiger partial charge on any atom is 2.00 e. The topological polar surface area (TPSA) is 138 Å². The van der Waals surface area contributed by atoms with E-state index in [0.29, 0.717) is 0 Å². The molecule has 0 bridgehead atoms. The SMILES string of the molecule is [O-][Sb]([O-])[O-].[O-][Sb]([O-])[O-].[Zn+2].[Zn+2].[Zn+2]. The van der Waals surface area contributed by atoms with E-state index in [1.54, 1.807) is 0 Å². The van der Waals surface area contributed by atoms with Crippen molar-refractivity contribution in [2.45, 2.75) is 0 Å². The van der Waals surface area contributed by atoms with Crippen LogP contribution in [-0.4, -0.2) is 42.9 Å². The van der Waals surface area contributed by atoms with Gasteiger partial charge >= 0.3 is 122 Å². The summed E-state index contributed by atoms with van der Waals surface area (Å²) in [6.07, 6.45) is 0. The van der Waals surface area contributed by atoms with Crippen LogP contribution in [0.15, 0.2) is 0 Å². The molecule has 0 aliphatic rings. The van der Waals surface area contributed by atoms with Crippen LogP contribution in [0.2, 0.25) is 0 Å². The van der Waals surface area contributed by atoms with Crippen molar-refractivity contribution in [1.82, 2.24) is 0 Å². The first-order valence-electron chi connectivity index (χ1n) is 1.10. The van der Waals surface area contributed by atoms with Gasteiger partial charge in [-0.25, -0.2) is 0 Å². The van der Waals surface area contributed by atoms with Gasteiger partial charge in [0.15, 0.2) is 0 Å². The summed E-state index contributed by atoms with van der Waals surface area (Å²) in [5, 5.41) is 0. The summed E-state index contributed by atoms with van der Waals surface area (Å²) < 4.78 is 51.6. The van der Waals surface area contributed by atoms with Crippen LogP contribution in [0.4, 0.5) is 0 Å². The molecule has 0 unspecified atom stereocenters. The molecule has 0 spiro atoms.